The highest BCUT2D eigenvalue weighted by Crippen LogP contribution is 2.26. The highest BCUT2D eigenvalue weighted by atomic mass is 35.5. The summed E-state index contributed by atoms with van der Waals surface area (Å²) in [5.41, 5.74) is 0.968. The molecule has 0 aliphatic carbocycles. The lowest BCUT2D eigenvalue weighted by atomic mass is 10.1. The van der Waals surface area contributed by atoms with Crippen molar-refractivity contribution in [2.45, 2.75) is 32.7 Å². The second-order valence-corrected chi connectivity index (χ2v) is 10.3. The number of rotatable bonds is 9. The van der Waals surface area contributed by atoms with Gasteiger partial charge in [-0.25, -0.2) is 15.0 Å². The van der Waals surface area contributed by atoms with Crippen LogP contribution in [0.2, 0.25) is 10.2 Å². The van der Waals surface area contributed by atoms with E-state index in [1.54, 1.807) is 36.5 Å². The van der Waals surface area contributed by atoms with E-state index in [2.05, 4.69) is 25.3 Å². The Morgan fingerprint density at radius 1 is 1.21 bits per heavy atom. The molecule has 4 rings (SSSR count). The summed E-state index contributed by atoms with van der Waals surface area (Å²) >= 11 is 12.5. The number of nitrogens with zero attached hydrogens (tertiary/aromatic N) is 5. The number of amides is 2. The minimum Gasteiger partial charge on any atom is -0.495 e. The molecule has 0 radical (unpaired) electrons. The molecule has 1 aromatic carbocycles. The molecule has 38 heavy (non-hydrogen) atoms. The van der Waals surface area contributed by atoms with Crippen LogP contribution in [0, 0.1) is 5.92 Å². The third-order valence-corrected chi connectivity index (χ3v) is 6.72. The largest absolute Gasteiger partial charge is 0.495 e. The van der Waals surface area contributed by atoms with E-state index in [-0.39, 0.29) is 29.4 Å². The lowest BCUT2D eigenvalue weighted by Gasteiger charge is -2.41. The maximum Gasteiger partial charge on any atom is 0.244 e. The van der Waals surface area contributed by atoms with Gasteiger partial charge in [-0.1, -0.05) is 43.1 Å². The third kappa shape index (κ3) is 6.73. The molecule has 1 fully saturated rings. The standard InChI is InChI=1S/C26H31Cl2N7O3/c1-16(2)12-23(36)35-11-10-34(22-14-21(28)32-25(33-22)24-29-8-9-30-24)15-19(35)26(37)31-7-6-17-4-5-20(38-3)18(27)13-17/h4-5,8-9,13-14,16,19H,6-7,10-12,15H2,1-3H3,(H,29,30)(H,31,37). The van der Waals surface area contributed by atoms with E-state index >= 15 is 0 Å². The summed E-state index contributed by atoms with van der Waals surface area (Å²) < 4.78 is 5.20. The van der Waals surface area contributed by atoms with E-state index in [0.29, 0.717) is 60.7 Å². The van der Waals surface area contributed by atoms with Gasteiger partial charge in [-0.05, 0) is 30.0 Å². The number of anilines is 1. The minimum absolute atomic E-state index is 0.0428. The predicted octanol–water partition coefficient (Wildman–Crippen LogP) is 3.60. The van der Waals surface area contributed by atoms with Crippen LogP contribution in [0.15, 0.2) is 36.7 Å². The van der Waals surface area contributed by atoms with Crippen molar-refractivity contribution in [1.29, 1.82) is 0 Å². The zero-order chi connectivity index (χ0) is 27.2. The van der Waals surface area contributed by atoms with Gasteiger partial charge in [-0.15, -0.1) is 0 Å². The molecule has 1 aliphatic rings. The summed E-state index contributed by atoms with van der Waals surface area (Å²) in [6.45, 7) is 5.53. The second-order valence-electron chi connectivity index (χ2n) is 9.47. The second kappa shape index (κ2) is 12.4. The van der Waals surface area contributed by atoms with Crippen LogP contribution in [-0.2, 0) is 16.0 Å². The molecule has 2 aromatic heterocycles. The number of halogens is 2. The highest BCUT2D eigenvalue weighted by molar-refractivity contribution is 6.32. The van der Waals surface area contributed by atoms with E-state index in [1.807, 2.05) is 30.9 Å². The lowest BCUT2D eigenvalue weighted by Crippen LogP contribution is -2.61. The average Bonchev–Trinajstić information content (AvgIpc) is 3.43. The van der Waals surface area contributed by atoms with Crippen LogP contribution < -0.4 is 15.0 Å². The Balaban J connectivity index is 1.49. The number of benzene rings is 1. The summed E-state index contributed by atoms with van der Waals surface area (Å²) in [6.07, 6.45) is 4.24. The van der Waals surface area contributed by atoms with Gasteiger partial charge in [0.15, 0.2) is 11.6 Å². The highest BCUT2D eigenvalue weighted by Gasteiger charge is 2.36. The van der Waals surface area contributed by atoms with Crippen molar-refractivity contribution in [1.82, 2.24) is 30.2 Å². The quantitative estimate of drug-likeness (QED) is 0.384. The van der Waals surface area contributed by atoms with Crippen molar-refractivity contribution in [2.75, 3.05) is 38.2 Å². The van der Waals surface area contributed by atoms with Crippen LogP contribution in [0.1, 0.15) is 25.8 Å². The Morgan fingerprint density at radius 2 is 2.03 bits per heavy atom. The molecule has 3 aromatic rings. The molecule has 10 nitrogen and oxygen atoms in total. The van der Waals surface area contributed by atoms with Gasteiger partial charge in [0.1, 0.15) is 22.8 Å². The fraction of sp³-hybridized carbons (Fsp3) is 0.423. The zero-order valence-corrected chi connectivity index (χ0v) is 23.1. The number of nitrogens with one attached hydrogen (secondary N) is 2. The Bertz CT molecular complexity index is 1270. The van der Waals surface area contributed by atoms with Gasteiger partial charge >= 0.3 is 0 Å². The van der Waals surface area contributed by atoms with Gasteiger partial charge < -0.3 is 24.8 Å². The van der Waals surface area contributed by atoms with Gasteiger partial charge in [0, 0.05) is 51.1 Å². The van der Waals surface area contributed by atoms with Gasteiger partial charge in [0.25, 0.3) is 0 Å². The summed E-state index contributed by atoms with van der Waals surface area (Å²) in [5.74, 6) is 1.93. The minimum atomic E-state index is -0.685. The molecule has 1 unspecified atom stereocenters. The Labute approximate surface area is 231 Å². The Hall–Kier alpha value is -3.37. The summed E-state index contributed by atoms with van der Waals surface area (Å²) in [6, 6.07) is 6.50. The first kappa shape index (κ1) is 27.7. The van der Waals surface area contributed by atoms with Crippen LogP contribution in [0.25, 0.3) is 11.6 Å². The molecule has 202 valence electrons. The number of carbonyl (C=O) groups excluding carboxylic acids is 2. The van der Waals surface area contributed by atoms with Crippen LogP contribution in [-0.4, -0.2) is 76.0 Å². The van der Waals surface area contributed by atoms with Crippen molar-refractivity contribution >= 4 is 40.8 Å². The third-order valence-electron chi connectivity index (χ3n) is 6.23. The van der Waals surface area contributed by atoms with Crippen LogP contribution >= 0.6 is 23.2 Å². The number of carbonyl (C=O) groups is 2. The molecule has 2 amide bonds. The van der Waals surface area contributed by atoms with Crippen molar-refractivity contribution in [3.05, 3.63) is 52.4 Å². The van der Waals surface area contributed by atoms with E-state index in [9.17, 15) is 9.59 Å². The first-order valence-electron chi connectivity index (χ1n) is 12.4. The summed E-state index contributed by atoms with van der Waals surface area (Å²) in [7, 11) is 1.56. The van der Waals surface area contributed by atoms with E-state index in [4.69, 9.17) is 27.9 Å². The first-order valence-corrected chi connectivity index (χ1v) is 13.2. The molecule has 0 bridgehead atoms. The number of ether oxygens (including phenoxy) is 1. The monoisotopic (exact) mass is 559 g/mol. The van der Waals surface area contributed by atoms with Crippen LogP contribution in [0.3, 0.4) is 0 Å². The number of piperazine rings is 1. The van der Waals surface area contributed by atoms with Crippen molar-refractivity contribution in [3.63, 3.8) is 0 Å². The van der Waals surface area contributed by atoms with Gasteiger partial charge in [0.2, 0.25) is 11.8 Å². The molecule has 0 saturated carbocycles. The van der Waals surface area contributed by atoms with E-state index in [1.165, 1.54) is 0 Å². The number of aromatic amines is 1. The van der Waals surface area contributed by atoms with Crippen molar-refractivity contribution < 1.29 is 14.3 Å². The maximum atomic E-state index is 13.4. The SMILES string of the molecule is COc1ccc(CCNC(=O)C2CN(c3cc(Cl)nc(-c4ncc[nH]4)n3)CCN2C(=O)CC(C)C)cc1Cl. The van der Waals surface area contributed by atoms with Crippen molar-refractivity contribution in [3.8, 4) is 17.4 Å². The average molecular weight is 560 g/mol. The number of hydrogen-bond acceptors (Lipinski definition) is 7. The molecule has 0 spiro atoms. The van der Waals surface area contributed by atoms with Crippen LogP contribution in [0.4, 0.5) is 5.82 Å². The number of H-pyrrole nitrogens is 1. The van der Waals surface area contributed by atoms with Gasteiger partial charge in [0.05, 0.1) is 12.1 Å². The van der Waals surface area contributed by atoms with Gasteiger partial charge in [-0.2, -0.15) is 0 Å². The number of methoxy groups -OCH3 is 1. The molecule has 3 heterocycles. The van der Waals surface area contributed by atoms with Crippen molar-refractivity contribution in [2.24, 2.45) is 5.92 Å². The Kier molecular flexibility index (Phi) is 9.06. The fourth-order valence-electron chi connectivity index (χ4n) is 4.35. The first-order chi connectivity index (χ1) is 18.2. The molecule has 1 atom stereocenters. The summed E-state index contributed by atoms with van der Waals surface area (Å²) in [4.78, 5) is 46.1. The van der Waals surface area contributed by atoms with E-state index < -0.39 is 6.04 Å². The van der Waals surface area contributed by atoms with Crippen LogP contribution in [0.5, 0.6) is 5.75 Å². The normalized spacial score (nSPS) is 15.6. The smallest absolute Gasteiger partial charge is 0.244 e. The maximum absolute atomic E-state index is 13.4. The Morgan fingerprint density at radius 3 is 2.71 bits per heavy atom. The molecule has 2 N–H and O–H groups in total. The molecule has 12 heteroatoms. The fourth-order valence-corrected chi connectivity index (χ4v) is 4.81. The number of imidazole rings is 1. The predicted molar refractivity (Wildman–Crippen MR) is 147 cm³/mol. The number of aromatic nitrogens is 4. The molecular formula is C26H31Cl2N7O3. The lowest BCUT2D eigenvalue weighted by molar-refractivity contribution is -0.141. The number of hydrogen-bond donors (Lipinski definition) is 2. The topological polar surface area (TPSA) is 116 Å². The van der Waals surface area contributed by atoms with Gasteiger partial charge in [-0.3, -0.25) is 9.59 Å². The molecular weight excluding hydrogens is 529 g/mol. The molecule has 1 aliphatic heterocycles. The molecule has 1 saturated heterocycles. The van der Waals surface area contributed by atoms with E-state index in [0.717, 1.165) is 5.56 Å². The summed E-state index contributed by atoms with van der Waals surface area (Å²) in [5, 5.41) is 3.78. The zero-order valence-electron chi connectivity index (χ0n) is 21.6.